The fraction of sp³-hybridized carbons (Fsp3) is 0.400. The summed E-state index contributed by atoms with van der Waals surface area (Å²) < 4.78 is -0.620. The molecule has 5 N–H and O–H groups in total. The molecule has 19 heavy (non-hydrogen) atoms. The molecular formula is C10H12ClIN6O. The standard InChI is InChI=1S/C10H11IN6O.ClH/c11-9(2-1-5(18)3-9)10(13)16-7(12)6-8(17-10)15-4-14-6;/h1-2,4-5,18H,3,13H2,(H2,12,16);1H. The second-order valence-corrected chi connectivity index (χ2v) is 6.30. The largest absolute Gasteiger partial charge is 0.389 e. The van der Waals surface area contributed by atoms with Gasteiger partial charge in [0.15, 0.2) is 17.4 Å². The van der Waals surface area contributed by atoms with E-state index in [1.807, 2.05) is 6.08 Å². The Morgan fingerprint density at radius 1 is 1.42 bits per heavy atom. The van der Waals surface area contributed by atoms with Crippen LogP contribution in [0.15, 0.2) is 32.1 Å². The van der Waals surface area contributed by atoms with Gasteiger partial charge in [0.25, 0.3) is 0 Å². The summed E-state index contributed by atoms with van der Waals surface area (Å²) in [6.45, 7) is 0. The van der Waals surface area contributed by atoms with E-state index in [-0.39, 0.29) is 18.2 Å². The van der Waals surface area contributed by atoms with Crippen LogP contribution in [0.5, 0.6) is 0 Å². The third-order valence-electron chi connectivity index (χ3n) is 3.09. The molecule has 3 aliphatic rings. The molecule has 1 aliphatic carbocycles. The van der Waals surface area contributed by atoms with Crippen molar-refractivity contribution in [1.82, 2.24) is 0 Å². The number of aliphatic hydroxyl groups is 1. The van der Waals surface area contributed by atoms with Crippen molar-refractivity contribution in [2.45, 2.75) is 21.7 Å². The van der Waals surface area contributed by atoms with Crippen molar-refractivity contribution in [3.63, 3.8) is 0 Å². The minimum absolute atomic E-state index is 0. The number of alkyl halides is 1. The molecule has 0 amide bonds. The van der Waals surface area contributed by atoms with Crippen LogP contribution in [0.25, 0.3) is 0 Å². The van der Waals surface area contributed by atoms with Crippen molar-refractivity contribution in [3.05, 3.63) is 12.2 Å². The average Bonchev–Trinajstić information content (AvgIpc) is 2.86. The van der Waals surface area contributed by atoms with Crippen LogP contribution in [0.3, 0.4) is 0 Å². The predicted molar refractivity (Wildman–Crippen MR) is 85.7 cm³/mol. The number of aliphatic imine (C=N–C) groups is 4. The Kier molecular flexibility index (Phi) is 3.54. The topological polar surface area (TPSA) is 122 Å². The highest BCUT2D eigenvalue weighted by molar-refractivity contribution is 14.1. The third kappa shape index (κ3) is 2.12. The minimum atomic E-state index is -1.26. The van der Waals surface area contributed by atoms with E-state index in [1.54, 1.807) is 6.08 Å². The van der Waals surface area contributed by atoms with Gasteiger partial charge in [-0.15, -0.1) is 12.4 Å². The highest BCUT2D eigenvalue weighted by atomic mass is 127. The SMILES string of the molecule is Cl.NC1=NC(N)(C2(I)C=CC(O)C2)N=C2N=CN=C12. The van der Waals surface area contributed by atoms with E-state index in [0.717, 1.165) is 0 Å². The number of hydrogen-bond acceptors (Lipinski definition) is 7. The number of aliphatic hydroxyl groups excluding tert-OH is 1. The average molecular weight is 395 g/mol. The Balaban J connectivity index is 0.00000133. The van der Waals surface area contributed by atoms with Gasteiger partial charge in [-0.25, -0.2) is 20.0 Å². The van der Waals surface area contributed by atoms with Gasteiger partial charge in [-0.3, -0.25) is 5.73 Å². The summed E-state index contributed by atoms with van der Waals surface area (Å²) in [5, 5.41) is 9.63. The molecule has 0 saturated carbocycles. The molecule has 3 rings (SSSR count). The van der Waals surface area contributed by atoms with Crippen molar-refractivity contribution in [3.8, 4) is 0 Å². The van der Waals surface area contributed by atoms with Crippen molar-refractivity contribution >= 4 is 58.7 Å². The van der Waals surface area contributed by atoms with Crippen molar-refractivity contribution in [1.29, 1.82) is 0 Å². The summed E-state index contributed by atoms with van der Waals surface area (Å²) in [4.78, 5) is 16.6. The molecule has 0 fully saturated rings. The van der Waals surface area contributed by atoms with E-state index in [1.165, 1.54) is 6.34 Å². The first kappa shape index (κ1) is 14.6. The highest BCUT2D eigenvalue weighted by Gasteiger charge is 2.51. The summed E-state index contributed by atoms with van der Waals surface area (Å²) in [6, 6.07) is 0. The van der Waals surface area contributed by atoms with Crippen molar-refractivity contribution in [2.24, 2.45) is 31.4 Å². The summed E-state index contributed by atoms with van der Waals surface area (Å²) in [5.74, 6) is -0.636. The van der Waals surface area contributed by atoms with Crippen molar-refractivity contribution < 1.29 is 5.11 Å². The Labute approximate surface area is 129 Å². The first-order valence-electron chi connectivity index (χ1n) is 5.35. The van der Waals surface area contributed by atoms with Crippen LogP contribution in [0, 0.1) is 0 Å². The first-order chi connectivity index (χ1) is 8.44. The summed E-state index contributed by atoms with van der Waals surface area (Å²) in [5.41, 5.74) is 12.6. The lowest BCUT2D eigenvalue weighted by atomic mass is 9.99. The molecule has 3 atom stereocenters. The van der Waals surface area contributed by atoms with E-state index in [2.05, 4.69) is 42.6 Å². The summed E-state index contributed by atoms with van der Waals surface area (Å²) in [6.07, 6.45) is 4.78. The zero-order valence-electron chi connectivity index (χ0n) is 9.69. The lowest BCUT2D eigenvalue weighted by molar-refractivity contribution is 0.202. The third-order valence-corrected chi connectivity index (χ3v) is 4.68. The normalized spacial score (nSPS) is 39.3. The number of nitrogens with zero attached hydrogens (tertiary/aromatic N) is 4. The van der Waals surface area contributed by atoms with E-state index >= 15 is 0 Å². The van der Waals surface area contributed by atoms with Crippen LogP contribution in [0.4, 0.5) is 0 Å². The fourth-order valence-electron chi connectivity index (χ4n) is 2.11. The van der Waals surface area contributed by atoms with Crippen LogP contribution in [-0.4, -0.2) is 44.1 Å². The quantitative estimate of drug-likeness (QED) is 0.323. The maximum absolute atomic E-state index is 9.63. The number of nitrogens with two attached hydrogens (primary N) is 2. The Morgan fingerprint density at radius 2 is 2.16 bits per heavy atom. The van der Waals surface area contributed by atoms with Gasteiger partial charge in [0.05, 0.1) is 6.10 Å². The molecule has 0 aromatic heterocycles. The lowest BCUT2D eigenvalue weighted by Crippen LogP contribution is -2.57. The van der Waals surface area contributed by atoms with Gasteiger partial charge in [0.1, 0.15) is 9.76 Å². The van der Waals surface area contributed by atoms with E-state index in [0.29, 0.717) is 18.0 Å². The fourth-order valence-corrected chi connectivity index (χ4v) is 3.01. The van der Waals surface area contributed by atoms with Crippen LogP contribution >= 0.6 is 35.0 Å². The highest BCUT2D eigenvalue weighted by Crippen LogP contribution is 2.43. The maximum Gasteiger partial charge on any atom is 0.224 e. The van der Waals surface area contributed by atoms with Crippen molar-refractivity contribution in [2.75, 3.05) is 0 Å². The number of rotatable bonds is 1. The zero-order chi connectivity index (χ0) is 13.0. The molecule has 0 saturated heterocycles. The number of fused-ring (bicyclic) bond motifs is 1. The van der Waals surface area contributed by atoms with Crippen LogP contribution in [0.2, 0.25) is 0 Å². The van der Waals surface area contributed by atoms with E-state index in [9.17, 15) is 5.11 Å². The number of amidine groups is 2. The zero-order valence-corrected chi connectivity index (χ0v) is 12.7. The van der Waals surface area contributed by atoms with Crippen LogP contribution in [-0.2, 0) is 0 Å². The second-order valence-electron chi connectivity index (χ2n) is 4.37. The summed E-state index contributed by atoms with van der Waals surface area (Å²) >= 11 is 2.15. The van der Waals surface area contributed by atoms with Gasteiger partial charge in [-0.1, -0.05) is 34.7 Å². The lowest BCUT2D eigenvalue weighted by Gasteiger charge is -2.36. The molecule has 102 valence electrons. The Hall–Kier alpha value is -0.840. The molecule has 2 aliphatic heterocycles. The molecule has 9 heteroatoms. The van der Waals surface area contributed by atoms with Gasteiger partial charge in [-0.05, 0) is 0 Å². The molecule has 0 radical (unpaired) electrons. The molecule has 0 aromatic carbocycles. The molecular weight excluding hydrogens is 383 g/mol. The smallest absolute Gasteiger partial charge is 0.224 e. The molecule has 7 nitrogen and oxygen atoms in total. The maximum atomic E-state index is 9.63. The van der Waals surface area contributed by atoms with Gasteiger partial charge in [-0.2, -0.15) is 0 Å². The van der Waals surface area contributed by atoms with E-state index in [4.69, 9.17) is 11.5 Å². The Morgan fingerprint density at radius 3 is 2.79 bits per heavy atom. The molecule has 0 aromatic rings. The molecule has 2 heterocycles. The molecule has 0 spiro atoms. The molecule has 0 bridgehead atoms. The minimum Gasteiger partial charge on any atom is -0.389 e. The summed E-state index contributed by atoms with van der Waals surface area (Å²) in [7, 11) is 0. The monoisotopic (exact) mass is 394 g/mol. The van der Waals surface area contributed by atoms with Crippen LogP contribution in [0.1, 0.15) is 6.42 Å². The second kappa shape index (κ2) is 4.62. The number of hydrogen-bond donors (Lipinski definition) is 3. The van der Waals surface area contributed by atoms with Crippen LogP contribution < -0.4 is 11.5 Å². The van der Waals surface area contributed by atoms with Gasteiger partial charge >= 0.3 is 0 Å². The number of halogens is 2. The van der Waals surface area contributed by atoms with Gasteiger partial charge < -0.3 is 10.8 Å². The first-order valence-corrected chi connectivity index (χ1v) is 6.43. The molecule has 3 unspecified atom stereocenters. The Bertz CT molecular complexity index is 570. The van der Waals surface area contributed by atoms with Gasteiger partial charge in [0, 0.05) is 6.42 Å². The van der Waals surface area contributed by atoms with E-state index < -0.39 is 15.3 Å². The van der Waals surface area contributed by atoms with Gasteiger partial charge in [0.2, 0.25) is 5.79 Å². The predicted octanol–water partition coefficient (Wildman–Crippen LogP) is -0.233.